The molecule has 1 heterocycles. The second kappa shape index (κ2) is 6.59. The molecule has 0 radical (unpaired) electrons. The van der Waals surface area contributed by atoms with E-state index in [4.69, 9.17) is 16.7 Å². The number of hydrogen-bond donors (Lipinski definition) is 1. The number of nitrogens with zero attached hydrogens (tertiary/aromatic N) is 2. The van der Waals surface area contributed by atoms with Crippen LogP contribution in [0, 0.1) is 0 Å². The number of aryl methyl sites for hydroxylation is 1. The molecule has 6 nitrogen and oxygen atoms in total. The molecule has 0 fully saturated rings. The summed E-state index contributed by atoms with van der Waals surface area (Å²) in [4.78, 5) is 17.5. The normalized spacial score (nSPS) is 11.8. The third-order valence-corrected chi connectivity index (χ3v) is 4.96. The molecule has 25 heavy (non-hydrogen) atoms. The Kier molecular flexibility index (Phi) is 4.64. The van der Waals surface area contributed by atoms with Crippen LogP contribution in [0.25, 0.3) is 16.6 Å². The molecule has 0 saturated carbocycles. The van der Waals surface area contributed by atoms with Crippen LogP contribution in [0.5, 0.6) is 0 Å². The molecule has 2 N–H and O–H groups in total. The largest absolute Gasteiger partial charge is 0.268 e. The van der Waals surface area contributed by atoms with Crippen LogP contribution in [-0.4, -0.2) is 18.0 Å². The van der Waals surface area contributed by atoms with Gasteiger partial charge in [0, 0.05) is 11.4 Å². The lowest BCUT2D eigenvalue weighted by molar-refractivity contribution is 0.598. The van der Waals surface area contributed by atoms with Crippen molar-refractivity contribution >= 4 is 32.5 Å². The van der Waals surface area contributed by atoms with E-state index >= 15 is 0 Å². The van der Waals surface area contributed by atoms with Gasteiger partial charge in [0.05, 0.1) is 21.5 Å². The van der Waals surface area contributed by atoms with Crippen LogP contribution in [0.15, 0.2) is 52.2 Å². The van der Waals surface area contributed by atoms with Crippen molar-refractivity contribution in [3.63, 3.8) is 0 Å². The molecule has 1 aromatic heterocycles. The molecule has 0 unspecified atom stereocenters. The quantitative estimate of drug-likeness (QED) is 0.756. The molecule has 3 rings (SSSR count). The van der Waals surface area contributed by atoms with E-state index in [1.54, 1.807) is 30.3 Å². The highest BCUT2D eigenvalue weighted by Crippen LogP contribution is 2.19. The van der Waals surface area contributed by atoms with Gasteiger partial charge < -0.3 is 0 Å². The first-order valence-electron chi connectivity index (χ1n) is 7.65. The summed E-state index contributed by atoms with van der Waals surface area (Å²) in [6, 6.07) is 10.8. The molecule has 2 aromatic carbocycles. The van der Waals surface area contributed by atoms with Crippen molar-refractivity contribution in [1.82, 2.24) is 9.55 Å². The lowest BCUT2D eigenvalue weighted by Crippen LogP contribution is -2.24. The second-order valence-electron chi connectivity index (χ2n) is 5.62. The highest BCUT2D eigenvalue weighted by molar-refractivity contribution is 7.89. The summed E-state index contributed by atoms with van der Waals surface area (Å²) in [5.41, 5.74) is 0.852. The van der Waals surface area contributed by atoms with Gasteiger partial charge in [0.2, 0.25) is 10.0 Å². The van der Waals surface area contributed by atoms with Crippen LogP contribution in [0.3, 0.4) is 0 Å². The highest BCUT2D eigenvalue weighted by Gasteiger charge is 2.14. The smallest absolute Gasteiger partial charge is 0.266 e. The maximum atomic E-state index is 13.0. The van der Waals surface area contributed by atoms with Gasteiger partial charge in [-0.15, -0.1) is 0 Å². The van der Waals surface area contributed by atoms with Crippen molar-refractivity contribution in [3.05, 3.63) is 63.7 Å². The molecule has 8 heteroatoms. The molecule has 0 atom stereocenters. The van der Waals surface area contributed by atoms with Crippen molar-refractivity contribution in [2.75, 3.05) is 0 Å². The minimum Gasteiger partial charge on any atom is -0.268 e. The fourth-order valence-corrected chi connectivity index (χ4v) is 3.33. The van der Waals surface area contributed by atoms with E-state index in [0.29, 0.717) is 33.9 Å². The zero-order chi connectivity index (χ0) is 18.2. The molecule has 0 bridgehead atoms. The number of halogens is 1. The molecule has 0 aliphatic carbocycles. The fraction of sp³-hybridized carbons (Fsp3) is 0.176. The molecule has 0 aliphatic rings. The Hall–Kier alpha value is -2.22. The van der Waals surface area contributed by atoms with Crippen LogP contribution in [-0.2, 0) is 16.4 Å². The second-order valence-corrected chi connectivity index (χ2v) is 7.62. The van der Waals surface area contributed by atoms with Gasteiger partial charge in [-0.3, -0.25) is 9.36 Å². The summed E-state index contributed by atoms with van der Waals surface area (Å²) in [6.07, 6.45) is 1.41. The van der Waals surface area contributed by atoms with E-state index < -0.39 is 10.0 Å². The fourth-order valence-electron chi connectivity index (χ4n) is 2.65. The first-order valence-corrected chi connectivity index (χ1v) is 9.58. The number of primary sulfonamides is 1. The van der Waals surface area contributed by atoms with Crippen molar-refractivity contribution < 1.29 is 8.42 Å². The standard InChI is InChI=1S/C17H16ClN3O3S/c1-2-3-16-20-15-9-4-11(18)10-14(15)17(22)21(16)12-5-7-13(8-6-12)25(19,23)24/h4-10H,2-3H2,1H3,(H2,19,23,24). The molecule has 3 aromatic rings. The van der Waals surface area contributed by atoms with Crippen molar-refractivity contribution in [2.45, 2.75) is 24.7 Å². The summed E-state index contributed by atoms with van der Waals surface area (Å²) in [7, 11) is -3.79. The lowest BCUT2D eigenvalue weighted by Gasteiger charge is -2.13. The summed E-state index contributed by atoms with van der Waals surface area (Å²) in [5, 5.41) is 5.98. The number of benzene rings is 2. The van der Waals surface area contributed by atoms with Gasteiger partial charge >= 0.3 is 0 Å². The number of nitrogens with two attached hydrogens (primary N) is 1. The molecule has 0 spiro atoms. The molecular weight excluding hydrogens is 362 g/mol. The zero-order valence-electron chi connectivity index (χ0n) is 13.4. The predicted octanol–water partition coefficient (Wildman–Crippen LogP) is 2.64. The predicted molar refractivity (Wildman–Crippen MR) is 97.7 cm³/mol. The Morgan fingerprint density at radius 1 is 1.16 bits per heavy atom. The van der Waals surface area contributed by atoms with E-state index in [1.807, 2.05) is 6.92 Å². The maximum absolute atomic E-state index is 13.0. The van der Waals surface area contributed by atoms with Gasteiger partial charge in [0.25, 0.3) is 5.56 Å². The summed E-state index contributed by atoms with van der Waals surface area (Å²) < 4.78 is 24.3. The zero-order valence-corrected chi connectivity index (χ0v) is 15.0. The van der Waals surface area contributed by atoms with E-state index in [0.717, 1.165) is 6.42 Å². The van der Waals surface area contributed by atoms with Crippen LogP contribution in [0.1, 0.15) is 19.2 Å². The minimum atomic E-state index is -3.79. The first-order chi connectivity index (χ1) is 11.8. The Balaban J connectivity index is 2.28. The molecule has 130 valence electrons. The third-order valence-electron chi connectivity index (χ3n) is 3.80. The SMILES string of the molecule is CCCc1nc2ccc(Cl)cc2c(=O)n1-c1ccc(S(N)(=O)=O)cc1. The number of sulfonamides is 1. The third kappa shape index (κ3) is 3.44. The summed E-state index contributed by atoms with van der Waals surface area (Å²) in [6.45, 7) is 1.99. The van der Waals surface area contributed by atoms with Gasteiger partial charge in [-0.1, -0.05) is 18.5 Å². The Bertz CT molecular complexity index is 1110. The summed E-state index contributed by atoms with van der Waals surface area (Å²) in [5.74, 6) is 0.602. The average Bonchev–Trinajstić information content (AvgIpc) is 2.56. The average molecular weight is 378 g/mol. The molecule has 0 saturated heterocycles. The Morgan fingerprint density at radius 2 is 1.84 bits per heavy atom. The monoisotopic (exact) mass is 377 g/mol. The van der Waals surface area contributed by atoms with E-state index in [2.05, 4.69) is 4.98 Å². The lowest BCUT2D eigenvalue weighted by atomic mass is 10.2. The van der Waals surface area contributed by atoms with Gasteiger partial charge in [-0.2, -0.15) is 0 Å². The summed E-state index contributed by atoms with van der Waals surface area (Å²) >= 11 is 6.00. The molecule has 0 amide bonds. The van der Waals surface area contributed by atoms with Gasteiger partial charge in [0.1, 0.15) is 5.82 Å². The van der Waals surface area contributed by atoms with Crippen LogP contribution < -0.4 is 10.7 Å². The highest BCUT2D eigenvalue weighted by atomic mass is 35.5. The minimum absolute atomic E-state index is 0.0156. The van der Waals surface area contributed by atoms with Crippen molar-refractivity contribution in [3.8, 4) is 5.69 Å². The van der Waals surface area contributed by atoms with Crippen molar-refractivity contribution in [1.29, 1.82) is 0 Å². The topological polar surface area (TPSA) is 95.0 Å². The Labute approximate surface area is 149 Å². The van der Waals surface area contributed by atoms with Crippen LogP contribution >= 0.6 is 11.6 Å². The number of aromatic nitrogens is 2. The number of fused-ring (bicyclic) bond motifs is 1. The van der Waals surface area contributed by atoms with Gasteiger partial charge in [-0.25, -0.2) is 18.5 Å². The van der Waals surface area contributed by atoms with E-state index in [1.165, 1.54) is 16.7 Å². The Morgan fingerprint density at radius 3 is 2.44 bits per heavy atom. The molecular formula is C17H16ClN3O3S. The maximum Gasteiger partial charge on any atom is 0.266 e. The van der Waals surface area contributed by atoms with Crippen LogP contribution in [0.4, 0.5) is 0 Å². The number of rotatable bonds is 4. The molecule has 0 aliphatic heterocycles. The van der Waals surface area contributed by atoms with E-state index in [9.17, 15) is 13.2 Å². The number of hydrogen-bond acceptors (Lipinski definition) is 4. The van der Waals surface area contributed by atoms with Crippen molar-refractivity contribution in [2.24, 2.45) is 5.14 Å². The van der Waals surface area contributed by atoms with Gasteiger partial charge in [-0.05, 0) is 48.9 Å². The first kappa shape index (κ1) is 17.6. The van der Waals surface area contributed by atoms with E-state index in [-0.39, 0.29) is 10.5 Å². The van der Waals surface area contributed by atoms with Gasteiger partial charge in [0.15, 0.2) is 0 Å². The van der Waals surface area contributed by atoms with Crippen LogP contribution in [0.2, 0.25) is 5.02 Å².